The number of methoxy groups -OCH3 is 3. The fourth-order valence-electron chi connectivity index (χ4n) is 2.51. The summed E-state index contributed by atoms with van der Waals surface area (Å²) in [4.78, 5) is 42.1. The van der Waals surface area contributed by atoms with Gasteiger partial charge < -0.3 is 35.1 Å². The lowest BCUT2D eigenvalue weighted by Gasteiger charge is -2.12. The van der Waals surface area contributed by atoms with Crippen LogP contribution in [-0.2, 0) is 47.7 Å². The van der Waals surface area contributed by atoms with Crippen LogP contribution in [0, 0.1) is 0 Å². The number of carbonyl (C=O) groups excluding carboxylic acids is 3. The molecule has 0 unspecified atom stereocenters. The molecule has 4 N–H and O–H groups in total. The minimum Gasteiger partial charge on any atom is -0.480 e. The second-order valence-corrected chi connectivity index (χ2v) is 11.4. The van der Waals surface area contributed by atoms with E-state index in [0.29, 0.717) is 10.0 Å². The van der Waals surface area contributed by atoms with Gasteiger partial charge in [0.25, 0.3) is 0 Å². The van der Waals surface area contributed by atoms with E-state index in [-0.39, 0.29) is 34.4 Å². The van der Waals surface area contributed by atoms with Gasteiger partial charge in [0.2, 0.25) is 0 Å². The maximum Gasteiger partial charge on any atom is 0.523 e. The average molecular weight is 808 g/mol. The van der Waals surface area contributed by atoms with Crippen molar-refractivity contribution in [3.05, 3.63) is 58.6 Å². The SMILES string of the molecule is C.COC(=O)[C@@H](C)O.COC(=O)[C@@H](C)OS(=O)(=O)C(F)(F)F.COC(=O)[C@H](C)Nc1ccc(Cl)cc1.C[C@H](Nc1ccc(Cl)cc1)C(=O)O.S.[3HH]. The number of benzene rings is 2. The van der Waals surface area contributed by atoms with Gasteiger partial charge in [-0.15, -0.1) is 0 Å². The molecular formula is C29H45Cl2F3N2O12S2. The monoisotopic (exact) mass is 806 g/mol. The zero-order chi connectivity index (χ0) is 37.8. The van der Waals surface area contributed by atoms with E-state index in [4.69, 9.17) is 33.4 Å². The van der Waals surface area contributed by atoms with Gasteiger partial charge >= 0.3 is 39.5 Å². The molecule has 0 saturated heterocycles. The number of aliphatic hydroxyl groups is 1. The minimum absolute atomic E-state index is 0. The number of aliphatic carboxylic acids is 1. The van der Waals surface area contributed by atoms with Gasteiger partial charge in [0.15, 0.2) is 6.10 Å². The fraction of sp³-hybridized carbons (Fsp3) is 0.448. The van der Waals surface area contributed by atoms with E-state index in [1.165, 1.54) is 21.1 Å². The predicted molar refractivity (Wildman–Crippen MR) is 189 cm³/mol. The summed E-state index contributed by atoms with van der Waals surface area (Å²) < 4.78 is 71.9. The van der Waals surface area contributed by atoms with Gasteiger partial charge in [0.05, 0.1) is 21.3 Å². The van der Waals surface area contributed by atoms with Crippen molar-refractivity contribution in [3.8, 4) is 0 Å². The Morgan fingerprint density at radius 3 is 1.34 bits per heavy atom. The molecule has 50 heavy (non-hydrogen) atoms. The van der Waals surface area contributed by atoms with Crippen LogP contribution in [0.4, 0.5) is 24.5 Å². The Bertz CT molecular complexity index is 1410. The number of hydrogen-bond donors (Lipinski definition) is 4. The van der Waals surface area contributed by atoms with Crippen molar-refractivity contribution in [2.45, 2.75) is 64.9 Å². The summed E-state index contributed by atoms with van der Waals surface area (Å²) >= 11 is 11.4. The third kappa shape index (κ3) is 23.0. The van der Waals surface area contributed by atoms with Gasteiger partial charge in [-0.3, -0.25) is 4.79 Å². The number of alkyl halides is 3. The summed E-state index contributed by atoms with van der Waals surface area (Å²) in [7, 11) is -2.27. The van der Waals surface area contributed by atoms with Crippen LogP contribution in [0.15, 0.2) is 48.5 Å². The first-order valence-electron chi connectivity index (χ1n) is 13.2. The number of anilines is 2. The standard InChI is InChI=1S/C10H12ClNO2.C9H10ClNO2.C5H7F3O5S.C4H8O3.CH4.H2S.H2/c1-7(10(13)14-2)12-9-5-3-8(11)4-6-9;1-6(9(12)13)11-8-4-2-7(10)3-5-8;1-3(4(9)12-2)13-14(10,11)5(6,7)8;1-3(5)4(6)7-2;;;/h3-7,12H,1-2H3;2-6,11H,1H3,(H,12,13);3H,1-2H3;3,5H,1-2H3;1H4;1H2;1H/t7-;6-;2*3-;;;/m0011.../s1/i;;;;;;1+2. The van der Waals surface area contributed by atoms with E-state index in [9.17, 15) is 40.8 Å². The normalized spacial score (nSPS) is 12.5. The summed E-state index contributed by atoms with van der Waals surface area (Å²) in [5.41, 5.74) is -3.96. The Kier molecular flexibility index (Phi) is 28.1. The highest BCUT2D eigenvalue weighted by atomic mass is 35.5. The van der Waals surface area contributed by atoms with Crippen molar-refractivity contribution >= 4 is 82.1 Å². The van der Waals surface area contributed by atoms with Crippen molar-refractivity contribution in [1.29, 1.82) is 0 Å². The maximum absolute atomic E-state index is 11.7. The second kappa shape index (κ2) is 26.3. The van der Waals surface area contributed by atoms with Crippen molar-refractivity contribution in [2.75, 3.05) is 32.0 Å². The van der Waals surface area contributed by atoms with E-state index in [2.05, 4.69) is 29.0 Å². The number of aliphatic hydroxyl groups excluding tert-OH is 1. The van der Waals surface area contributed by atoms with E-state index in [1.807, 2.05) is 12.1 Å². The molecular weight excluding hydrogens is 760 g/mol. The Balaban J connectivity index is -0.000000185. The minimum atomic E-state index is -5.75. The Labute approximate surface area is 307 Å². The van der Waals surface area contributed by atoms with Gasteiger partial charge in [-0.25, -0.2) is 18.6 Å². The van der Waals surface area contributed by atoms with Crippen LogP contribution < -0.4 is 10.6 Å². The van der Waals surface area contributed by atoms with Gasteiger partial charge in [-0.2, -0.15) is 35.1 Å². The largest absolute Gasteiger partial charge is 0.523 e. The molecule has 0 aliphatic rings. The molecule has 0 aromatic heterocycles. The number of carboxylic acid groups (broad SMARTS) is 1. The lowest BCUT2D eigenvalue weighted by atomic mass is 10.2. The second-order valence-electron chi connectivity index (χ2n) is 8.97. The summed E-state index contributed by atoms with van der Waals surface area (Å²) in [6.07, 6.45) is -2.82. The van der Waals surface area contributed by atoms with Crippen LogP contribution in [0.1, 0.15) is 36.5 Å². The highest BCUT2D eigenvalue weighted by Crippen LogP contribution is 2.25. The van der Waals surface area contributed by atoms with Crippen LogP contribution >= 0.6 is 36.7 Å². The molecule has 21 heteroatoms. The van der Waals surface area contributed by atoms with Crippen LogP contribution in [0.5, 0.6) is 0 Å². The van der Waals surface area contributed by atoms with Crippen LogP contribution in [0.25, 0.3) is 0 Å². The summed E-state index contributed by atoms with van der Waals surface area (Å²) in [5, 5.41) is 24.1. The molecule has 14 nitrogen and oxygen atoms in total. The third-order valence-electron chi connectivity index (χ3n) is 5.01. The van der Waals surface area contributed by atoms with E-state index < -0.39 is 51.8 Å². The van der Waals surface area contributed by atoms with Gasteiger partial charge in [-0.1, -0.05) is 30.6 Å². The van der Waals surface area contributed by atoms with Gasteiger partial charge in [0.1, 0.15) is 18.2 Å². The number of halogens is 5. The number of carbonyl (C=O) groups is 4. The lowest BCUT2D eigenvalue weighted by molar-refractivity contribution is -0.149. The number of ether oxygens (including phenoxy) is 3. The highest BCUT2D eigenvalue weighted by molar-refractivity contribution is 7.87. The first kappa shape index (κ1) is 53.3. The van der Waals surface area contributed by atoms with Crippen LogP contribution in [0.3, 0.4) is 0 Å². The quantitative estimate of drug-likeness (QED) is 0.102. The third-order valence-corrected chi connectivity index (χ3v) is 6.62. The number of nitrogens with one attached hydrogen (secondary N) is 2. The molecule has 2 rings (SSSR count). The molecule has 0 fully saturated rings. The number of carboxylic acids is 1. The molecule has 0 aliphatic heterocycles. The molecule has 0 heterocycles. The van der Waals surface area contributed by atoms with Crippen molar-refractivity contribution in [2.24, 2.45) is 0 Å². The first-order chi connectivity index (χ1) is 22.0. The smallest absolute Gasteiger partial charge is 0.480 e. The highest BCUT2D eigenvalue weighted by Gasteiger charge is 2.49. The van der Waals surface area contributed by atoms with Gasteiger partial charge in [0, 0.05) is 22.8 Å². The number of rotatable bonds is 10. The molecule has 2 aromatic carbocycles. The fourth-order valence-corrected chi connectivity index (χ4v) is 3.33. The first-order valence-corrected chi connectivity index (χ1v) is 15.4. The van der Waals surface area contributed by atoms with Crippen molar-refractivity contribution < 1.29 is 70.8 Å². The van der Waals surface area contributed by atoms with Crippen molar-refractivity contribution in [3.63, 3.8) is 0 Å². The molecule has 0 spiro atoms. The predicted octanol–water partition coefficient (Wildman–Crippen LogP) is 5.49. The van der Waals surface area contributed by atoms with E-state index in [1.54, 1.807) is 50.2 Å². The van der Waals surface area contributed by atoms with Gasteiger partial charge in [-0.05, 0) is 76.2 Å². The molecule has 0 radical (unpaired) electrons. The molecule has 4 atom stereocenters. The van der Waals surface area contributed by atoms with E-state index in [0.717, 1.165) is 25.4 Å². The Hall–Kier alpha value is -3.49. The van der Waals surface area contributed by atoms with Crippen LogP contribution in [-0.4, -0.2) is 93.6 Å². The molecule has 290 valence electrons. The van der Waals surface area contributed by atoms with Crippen molar-refractivity contribution in [1.82, 2.24) is 0 Å². The summed E-state index contributed by atoms with van der Waals surface area (Å²) in [6.45, 7) is 5.50. The lowest BCUT2D eigenvalue weighted by Crippen LogP contribution is -2.33. The molecule has 2 aromatic rings. The average Bonchev–Trinajstić information content (AvgIpc) is 3.01. The Morgan fingerprint density at radius 1 is 0.740 bits per heavy atom. The van der Waals surface area contributed by atoms with E-state index >= 15 is 0 Å². The number of hydrogen-bond acceptors (Lipinski definition) is 13. The maximum atomic E-state index is 11.7. The number of esters is 3. The molecule has 0 amide bonds. The Morgan fingerprint density at radius 2 is 1.08 bits per heavy atom. The van der Waals surface area contributed by atoms with Crippen LogP contribution in [0.2, 0.25) is 10.0 Å². The zero-order valence-corrected chi connectivity index (χ0v) is 30.5. The summed E-state index contributed by atoms with van der Waals surface area (Å²) in [6, 6.07) is 13.1. The molecule has 0 saturated carbocycles. The topological polar surface area (TPSA) is 204 Å². The molecule has 0 aliphatic carbocycles. The zero-order valence-electron chi connectivity index (χ0n) is 27.2. The molecule has 0 bridgehead atoms. The summed E-state index contributed by atoms with van der Waals surface area (Å²) in [5.74, 6) is -2.98.